The molecular weight excluding hydrogens is 578 g/mol. The molecule has 0 saturated carbocycles. The molecule has 0 aliphatic rings. The molecule has 10 heteroatoms. The predicted octanol–water partition coefficient (Wildman–Crippen LogP) is 5.60. The average molecular weight is 612 g/mol. The van der Waals surface area contributed by atoms with Crippen LogP contribution in [0.25, 0.3) is 22.3 Å². The second kappa shape index (κ2) is 14.7. The van der Waals surface area contributed by atoms with Gasteiger partial charge in [-0.1, -0.05) is 36.4 Å². The molecule has 10 nitrogen and oxygen atoms in total. The van der Waals surface area contributed by atoms with Gasteiger partial charge in [-0.3, -0.25) is 9.59 Å². The minimum absolute atomic E-state index is 0.00448. The smallest absolute Gasteiger partial charge is 0.337 e. The van der Waals surface area contributed by atoms with Crippen LogP contribution in [0.4, 0.5) is 0 Å². The van der Waals surface area contributed by atoms with Gasteiger partial charge < -0.3 is 29.0 Å². The number of hydrogen-bond acceptors (Lipinski definition) is 9. The summed E-state index contributed by atoms with van der Waals surface area (Å²) in [6.07, 6.45) is 0. The lowest BCUT2D eigenvalue weighted by molar-refractivity contribution is -0.142. The highest BCUT2D eigenvalue weighted by molar-refractivity contribution is 6.00. The van der Waals surface area contributed by atoms with Crippen LogP contribution >= 0.6 is 0 Å². The van der Waals surface area contributed by atoms with Gasteiger partial charge in [0.05, 0.1) is 39.6 Å². The molecule has 232 valence electrons. The molecule has 1 amide bonds. The summed E-state index contributed by atoms with van der Waals surface area (Å²) in [7, 11) is 5.53. The van der Waals surface area contributed by atoms with Crippen LogP contribution in [0, 0.1) is 0 Å². The van der Waals surface area contributed by atoms with E-state index < -0.39 is 23.8 Å². The summed E-state index contributed by atoms with van der Waals surface area (Å²) in [5.41, 5.74) is 5.77. The van der Waals surface area contributed by atoms with E-state index in [1.807, 2.05) is 42.5 Å². The van der Waals surface area contributed by atoms with Crippen LogP contribution in [0.2, 0.25) is 0 Å². The number of methoxy groups -OCH3 is 4. The minimum atomic E-state index is -0.443. The fraction of sp³-hybridized carbons (Fsp3) is 0.200. The number of hydrogen-bond donors (Lipinski definition) is 1. The maximum Gasteiger partial charge on any atom is 0.337 e. The quantitative estimate of drug-likeness (QED) is 0.170. The molecule has 1 N–H and O–H groups in total. The average Bonchev–Trinajstić information content (AvgIpc) is 3.08. The Hall–Kier alpha value is -5.64. The maximum absolute atomic E-state index is 13.6. The zero-order valence-corrected chi connectivity index (χ0v) is 25.6. The first-order chi connectivity index (χ1) is 21.7. The summed E-state index contributed by atoms with van der Waals surface area (Å²) in [6.45, 7) is 1.43. The van der Waals surface area contributed by atoms with Crippen molar-refractivity contribution >= 4 is 23.8 Å². The molecule has 0 fully saturated rings. The van der Waals surface area contributed by atoms with Gasteiger partial charge in [0.15, 0.2) is 0 Å². The highest BCUT2D eigenvalue weighted by atomic mass is 16.5. The van der Waals surface area contributed by atoms with Gasteiger partial charge in [0.25, 0.3) is 5.91 Å². The van der Waals surface area contributed by atoms with Gasteiger partial charge in [-0.05, 0) is 75.8 Å². The molecule has 4 rings (SSSR count). The van der Waals surface area contributed by atoms with E-state index in [4.69, 9.17) is 23.7 Å². The fourth-order valence-corrected chi connectivity index (χ4v) is 4.74. The van der Waals surface area contributed by atoms with Crippen molar-refractivity contribution in [3.8, 4) is 33.8 Å². The molecule has 4 aromatic carbocycles. The summed E-state index contributed by atoms with van der Waals surface area (Å²) in [5, 5.41) is 2.97. The van der Waals surface area contributed by atoms with Gasteiger partial charge in [-0.2, -0.15) is 0 Å². The van der Waals surface area contributed by atoms with Gasteiger partial charge in [-0.25, -0.2) is 9.59 Å². The van der Waals surface area contributed by atoms with Crippen LogP contribution in [0.1, 0.15) is 49.1 Å². The number of rotatable bonds is 11. The molecule has 0 atom stereocenters. The van der Waals surface area contributed by atoms with Crippen LogP contribution in [0.5, 0.6) is 11.5 Å². The van der Waals surface area contributed by atoms with Gasteiger partial charge in [0.1, 0.15) is 23.7 Å². The standard InChI is InChI=1S/C35H33NO9/c1-21(37)45-20-22-16-30(41-2)32(31(17-22)42-3)33(38)36-19-28-18-27(23-6-10-25(11-7-23)34(39)43-4)14-15-29(28)24-8-12-26(13-9-24)35(40)44-5/h6-18H,19-20H2,1-5H3,(H,36,38). The van der Waals surface area contributed by atoms with Gasteiger partial charge >= 0.3 is 17.9 Å². The van der Waals surface area contributed by atoms with E-state index in [1.165, 1.54) is 35.4 Å². The van der Waals surface area contributed by atoms with Crippen LogP contribution in [-0.4, -0.2) is 52.3 Å². The third kappa shape index (κ3) is 7.66. The normalized spacial score (nSPS) is 10.4. The van der Waals surface area contributed by atoms with E-state index in [-0.39, 0.29) is 30.2 Å². The second-order valence-electron chi connectivity index (χ2n) is 9.85. The van der Waals surface area contributed by atoms with Crippen molar-refractivity contribution in [2.45, 2.75) is 20.1 Å². The summed E-state index contributed by atoms with van der Waals surface area (Å²) in [5.74, 6) is -1.24. The third-order valence-electron chi connectivity index (χ3n) is 7.04. The van der Waals surface area contributed by atoms with E-state index >= 15 is 0 Å². The second-order valence-corrected chi connectivity index (χ2v) is 9.85. The highest BCUT2D eigenvalue weighted by Gasteiger charge is 2.21. The number of ether oxygens (including phenoxy) is 5. The number of amides is 1. The zero-order valence-electron chi connectivity index (χ0n) is 25.6. The Morgan fingerprint density at radius 1 is 0.644 bits per heavy atom. The molecule has 0 radical (unpaired) electrons. The Labute approximate surface area is 260 Å². The Bertz CT molecular complexity index is 1690. The number of carbonyl (C=O) groups excluding carboxylic acids is 4. The Morgan fingerprint density at radius 2 is 1.16 bits per heavy atom. The Morgan fingerprint density at radius 3 is 1.64 bits per heavy atom. The van der Waals surface area contributed by atoms with Crippen LogP contribution in [0.15, 0.2) is 78.9 Å². The molecule has 0 heterocycles. The van der Waals surface area contributed by atoms with E-state index in [0.717, 1.165) is 27.8 Å². The van der Waals surface area contributed by atoms with Crippen molar-refractivity contribution in [2.24, 2.45) is 0 Å². The van der Waals surface area contributed by atoms with Crippen molar-refractivity contribution in [1.29, 1.82) is 0 Å². The molecule has 0 aromatic heterocycles. The van der Waals surface area contributed by atoms with E-state index in [2.05, 4.69) is 5.32 Å². The highest BCUT2D eigenvalue weighted by Crippen LogP contribution is 2.33. The van der Waals surface area contributed by atoms with Crippen molar-refractivity contribution in [3.05, 3.63) is 107 Å². The molecule has 0 aliphatic carbocycles. The number of benzene rings is 4. The molecule has 45 heavy (non-hydrogen) atoms. The van der Waals surface area contributed by atoms with Crippen molar-refractivity contribution in [2.75, 3.05) is 28.4 Å². The molecule has 0 bridgehead atoms. The lowest BCUT2D eigenvalue weighted by atomic mass is 9.94. The maximum atomic E-state index is 13.6. The SMILES string of the molecule is COC(=O)c1ccc(-c2ccc(-c3ccc(C(=O)OC)cc3)c(CNC(=O)c3c(OC)cc(COC(C)=O)cc3OC)c2)cc1. The number of esters is 3. The first-order valence-electron chi connectivity index (χ1n) is 13.9. The first-order valence-corrected chi connectivity index (χ1v) is 13.9. The van der Waals surface area contributed by atoms with Crippen molar-refractivity contribution in [1.82, 2.24) is 5.32 Å². The summed E-state index contributed by atoms with van der Waals surface area (Å²) >= 11 is 0. The Kier molecular flexibility index (Phi) is 10.5. The first kappa shape index (κ1) is 32.3. The van der Waals surface area contributed by atoms with Crippen molar-refractivity contribution < 1.29 is 42.9 Å². The number of nitrogens with one attached hydrogen (secondary N) is 1. The minimum Gasteiger partial charge on any atom is -0.496 e. The summed E-state index contributed by atoms with van der Waals surface area (Å²) < 4.78 is 25.7. The molecule has 0 saturated heterocycles. The van der Waals surface area contributed by atoms with Gasteiger partial charge in [0, 0.05) is 13.5 Å². The van der Waals surface area contributed by atoms with Crippen LogP contribution < -0.4 is 14.8 Å². The lowest BCUT2D eigenvalue weighted by Crippen LogP contribution is -2.24. The third-order valence-corrected chi connectivity index (χ3v) is 7.04. The van der Waals surface area contributed by atoms with Gasteiger partial charge in [0.2, 0.25) is 0 Å². The summed E-state index contributed by atoms with van der Waals surface area (Å²) in [4.78, 5) is 48.8. The largest absolute Gasteiger partial charge is 0.496 e. The monoisotopic (exact) mass is 611 g/mol. The van der Waals surface area contributed by atoms with Crippen LogP contribution in [-0.2, 0) is 32.2 Å². The Balaban J connectivity index is 1.69. The zero-order chi connectivity index (χ0) is 32.5. The van der Waals surface area contributed by atoms with Crippen molar-refractivity contribution in [3.63, 3.8) is 0 Å². The molecule has 0 spiro atoms. The molecule has 0 aliphatic heterocycles. The topological polar surface area (TPSA) is 126 Å². The molecular formula is C35H33NO9. The number of carbonyl (C=O) groups is 4. The molecule has 0 unspecified atom stereocenters. The van der Waals surface area contributed by atoms with Crippen LogP contribution in [0.3, 0.4) is 0 Å². The summed E-state index contributed by atoms with van der Waals surface area (Å²) in [6, 6.07) is 23.1. The predicted molar refractivity (Wildman–Crippen MR) is 166 cm³/mol. The fourth-order valence-electron chi connectivity index (χ4n) is 4.74. The lowest BCUT2D eigenvalue weighted by Gasteiger charge is -2.17. The van der Waals surface area contributed by atoms with E-state index in [1.54, 1.807) is 36.4 Å². The van der Waals surface area contributed by atoms with Gasteiger partial charge in [-0.15, -0.1) is 0 Å². The van der Waals surface area contributed by atoms with E-state index in [0.29, 0.717) is 16.7 Å². The van der Waals surface area contributed by atoms with E-state index in [9.17, 15) is 19.2 Å². The molecule has 4 aromatic rings.